The van der Waals surface area contributed by atoms with Crippen LogP contribution >= 0.6 is 0 Å². The Morgan fingerprint density at radius 1 is 1.50 bits per heavy atom. The van der Waals surface area contributed by atoms with Crippen LogP contribution in [0.1, 0.15) is 19.3 Å². The maximum Gasteiger partial charge on any atom is 0.317 e. The zero-order chi connectivity index (χ0) is 9.40. The van der Waals surface area contributed by atoms with Gasteiger partial charge < -0.3 is 9.84 Å². The van der Waals surface area contributed by atoms with Crippen molar-refractivity contribution in [1.29, 1.82) is 0 Å². The Morgan fingerprint density at radius 2 is 2.17 bits per heavy atom. The van der Waals surface area contributed by atoms with E-state index >= 15 is 0 Å². The maximum atomic E-state index is 10.6. The zero-order valence-corrected chi connectivity index (χ0v) is 6.78. The second-order valence-corrected chi connectivity index (χ2v) is 2.22. The highest BCUT2D eigenvalue weighted by atomic mass is 16.5. The Bertz CT molecular complexity index is 174. The minimum atomic E-state index is -1.16. The molecule has 0 aromatic heterocycles. The van der Waals surface area contributed by atoms with Crippen molar-refractivity contribution in [3.8, 4) is 0 Å². The van der Waals surface area contributed by atoms with Gasteiger partial charge in [0.2, 0.25) is 0 Å². The monoisotopic (exact) mass is 172 g/mol. The number of ether oxygens (including phenoxy) is 1. The first kappa shape index (κ1) is 10.7. The Balaban J connectivity index is 3.31. The van der Waals surface area contributed by atoms with Crippen molar-refractivity contribution >= 4 is 11.9 Å². The van der Waals surface area contributed by atoms with Gasteiger partial charge in [-0.2, -0.15) is 0 Å². The van der Waals surface area contributed by atoms with E-state index in [0.29, 0.717) is 6.42 Å². The topological polar surface area (TPSA) is 63.6 Å². The van der Waals surface area contributed by atoms with E-state index < -0.39 is 18.4 Å². The molecule has 68 valence electrons. The summed E-state index contributed by atoms with van der Waals surface area (Å²) in [4.78, 5) is 20.6. The molecule has 0 spiro atoms. The highest BCUT2D eigenvalue weighted by Crippen LogP contribution is 1.93. The molecule has 0 saturated carbocycles. The summed E-state index contributed by atoms with van der Waals surface area (Å²) in [6.45, 7) is 3.75. The highest BCUT2D eigenvalue weighted by molar-refractivity contribution is 5.90. The van der Waals surface area contributed by atoms with Crippen LogP contribution in [0.25, 0.3) is 0 Å². The summed E-state index contributed by atoms with van der Waals surface area (Å²) >= 11 is 0. The number of rotatable bonds is 6. The largest absolute Gasteiger partial charge is 0.481 e. The van der Waals surface area contributed by atoms with E-state index in [1.54, 1.807) is 6.08 Å². The number of carboxylic acid groups (broad SMARTS) is 1. The smallest absolute Gasteiger partial charge is 0.317 e. The van der Waals surface area contributed by atoms with Crippen molar-refractivity contribution in [2.45, 2.75) is 19.3 Å². The van der Waals surface area contributed by atoms with E-state index in [1.807, 2.05) is 0 Å². The lowest BCUT2D eigenvalue weighted by molar-refractivity contribution is -0.151. The van der Waals surface area contributed by atoms with Crippen LogP contribution in [0.4, 0.5) is 0 Å². The van der Waals surface area contributed by atoms with Crippen molar-refractivity contribution in [1.82, 2.24) is 0 Å². The van der Waals surface area contributed by atoms with Gasteiger partial charge in [-0.25, -0.2) is 0 Å². The molecule has 0 fully saturated rings. The minimum absolute atomic E-state index is 0.262. The first-order valence-electron chi connectivity index (χ1n) is 3.65. The van der Waals surface area contributed by atoms with Crippen molar-refractivity contribution in [2.75, 3.05) is 6.61 Å². The molecular formula is C8H12O4. The molecule has 0 rings (SSSR count). The second-order valence-electron chi connectivity index (χ2n) is 2.22. The molecule has 0 aliphatic rings. The fraction of sp³-hybridized carbons (Fsp3) is 0.500. The van der Waals surface area contributed by atoms with Crippen LogP contribution in [0.5, 0.6) is 0 Å². The lowest BCUT2D eigenvalue weighted by Crippen LogP contribution is -2.11. The number of hydrogen-bond donors (Lipinski definition) is 1. The number of esters is 1. The molecule has 0 aliphatic carbocycles. The summed E-state index contributed by atoms with van der Waals surface area (Å²) in [6.07, 6.45) is 2.61. The van der Waals surface area contributed by atoms with Crippen LogP contribution in [0, 0.1) is 0 Å². The number of carboxylic acids is 1. The summed E-state index contributed by atoms with van der Waals surface area (Å²) in [5, 5.41) is 8.17. The molecule has 0 aromatic carbocycles. The molecule has 0 radical (unpaired) electrons. The van der Waals surface area contributed by atoms with Crippen molar-refractivity contribution in [3.63, 3.8) is 0 Å². The lowest BCUT2D eigenvalue weighted by atomic mass is 10.3. The Hall–Kier alpha value is -1.32. The summed E-state index contributed by atoms with van der Waals surface area (Å²) in [6, 6.07) is 0. The van der Waals surface area contributed by atoms with Crippen LogP contribution in [-0.2, 0) is 14.3 Å². The van der Waals surface area contributed by atoms with E-state index in [2.05, 4.69) is 11.3 Å². The van der Waals surface area contributed by atoms with Crippen LogP contribution < -0.4 is 0 Å². The van der Waals surface area contributed by atoms with Crippen LogP contribution in [0.3, 0.4) is 0 Å². The Kier molecular flexibility index (Phi) is 5.69. The molecule has 0 aliphatic heterocycles. The van der Waals surface area contributed by atoms with E-state index in [4.69, 9.17) is 5.11 Å². The fourth-order valence-electron chi connectivity index (χ4n) is 0.588. The quantitative estimate of drug-likeness (QED) is 0.280. The standard InChI is InChI=1S/C8H12O4/c1-2-3-4-5-12-8(11)6-7(9)10/h2H,1,3-6H2,(H,9,10). The van der Waals surface area contributed by atoms with E-state index in [9.17, 15) is 9.59 Å². The van der Waals surface area contributed by atoms with Crippen molar-refractivity contribution < 1.29 is 19.4 Å². The minimum Gasteiger partial charge on any atom is -0.481 e. The molecule has 0 amide bonds. The van der Waals surface area contributed by atoms with E-state index in [1.165, 1.54) is 0 Å². The predicted molar refractivity (Wildman–Crippen MR) is 42.6 cm³/mol. The summed E-state index contributed by atoms with van der Waals surface area (Å²) in [5.41, 5.74) is 0. The molecule has 0 saturated heterocycles. The molecule has 0 heterocycles. The third-order valence-electron chi connectivity index (χ3n) is 1.11. The normalized spacial score (nSPS) is 9.00. The summed E-state index contributed by atoms with van der Waals surface area (Å²) in [7, 11) is 0. The van der Waals surface area contributed by atoms with Crippen molar-refractivity contribution in [2.24, 2.45) is 0 Å². The van der Waals surface area contributed by atoms with E-state index in [0.717, 1.165) is 6.42 Å². The van der Waals surface area contributed by atoms with Gasteiger partial charge in [0, 0.05) is 0 Å². The highest BCUT2D eigenvalue weighted by Gasteiger charge is 2.07. The molecule has 0 bridgehead atoms. The van der Waals surface area contributed by atoms with Gasteiger partial charge in [0.15, 0.2) is 0 Å². The summed E-state index contributed by atoms with van der Waals surface area (Å²) in [5.74, 6) is -1.85. The van der Waals surface area contributed by atoms with Crippen LogP contribution in [0.2, 0.25) is 0 Å². The number of carbonyl (C=O) groups excluding carboxylic acids is 1. The number of hydrogen-bond acceptors (Lipinski definition) is 3. The SMILES string of the molecule is C=CCCCOC(=O)CC(=O)O. The average molecular weight is 172 g/mol. The van der Waals surface area contributed by atoms with E-state index in [-0.39, 0.29) is 6.61 Å². The second kappa shape index (κ2) is 6.39. The molecular weight excluding hydrogens is 160 g/mol. The number of carbonyl (C=O) groups is 2. The van der Waals surface area contributed by atoms with Gasteiger partial charge in [-0.15, -0.1) is 6.58 Å². The van der Waals surface area contributed by atoms with Crippen LogP contribution in [0.15, 0.2) is 12.7 Å². The van der Waals surface area contributed by atoms with Gasteiger partial charge in [0.25, 0.3) is 0 Å². The van der Waals surface area contributed by atoms with Gasteiger partial charge in [-0.3, -0.25) is 9.59 Å². The first-order chi connectivity index (χ1) is 5.66. The van der Waals surface area contributed by atoms with Gasteiger partial charge >= 0.3 is 11.9 Å². The molecule has 0 unspecified atom stereocenters. The van der Waals surface area contributed by atoms with Gasteiger partial charge in [0.05, 0.1) is 6.61 Å². The number of aliphatic carboxylic acids is 1. The molecule has 12 heavy (non-hydrogen) atoms. The van der Waals surface area contributed by atoms with Crippen LogP contribution in [-0.4, -0.2) is 23.7 Å². The molecule has 1 N–H and O–H groups in total. The van der Waals surface area contributed by atoms with Crippen molar-refractivity contribution in [3.05, 3.63) is 12.7 Å². The van der Waals surface area contributed by atoms with Gasteiger partial charge in [-0.1, -0.05) is 6.08 Å². The average Bonchev–Trinajstić information content (AvgIpc) is 1.97. The zero-order valence-electron chi connectivity index (χ0n) is 6.78. The molecule has 4 nitrogen and oxygen atoms in total. The number of allylic oxidation sites excluding steroid dienone is 1. The summed E-state index contributed by atoms with van der Waals surface area (Å²) < 4.78 is 4.59. The molecule has 0 aromatic rings. The Labute approximate surface area is 70.8 Å². The lowest BCUT2D eigenvalue weighted by Gasteiger charge is -2.00. The van der Waals surface area contributed by atoms with Gasteiger partial charge in [-0.05, 0) is 12.8 Å². The van der Waals surface area contributed by atoms with Gasteiger partial charge in [0.1, 0.15) is 6.42 Å². The molecule has 0 atom stereocenters. The third-order valence-corrected chi connectivity index (χ3v) is 1.11. The maximum absolute atomic E-state index is 10.6. The fourth-order valence-corrected chi connectivity index (χ4v) is 0.588. The predicted octanol–water partition coefficient (Wildman–Crippen LogP) is 0.970. The molecule has 4 heteroatoms. The first-order valence-corrected chi connectivity index (χ1v) is 3.65. The Morgan fingerprint density at radius 3 is 2.67 bits per heavy atom. The third kappa shape index (κ3) is 6.80. The number of unbranched alkanes of at least 4 members (excludes halogenated alkanes) is 1.